The molecule has 1 amide bonds. The van der Waals surface area contributed by atoms with Crippen molar-refractivity contribution in [2.24, 2.45) is 17.6 Å². The maximum atomic E-state index is 12.2. The van der Waals surface area contributed by atoms with Crippen molar-refractivity contribution in [1.82, 2.24) is 9.80 Å². The highest BCUT2D eigenvalue weighted by Gasteiger charge is 2.27. The molecule has 2 rings (SSSR count). The van der Waals surface area contributed by atoms with Crippen LogP contribution >= 0.6 is 0 Å². The van der Waals surface area contributed by atoms with Crippen LogP contribution in [0.1, 0.15) is 45.4 Å². The van der Waals surface area contributed by atoms with Crippen LogP contribution in [0, 0.1) is 11.8 Å². The molecule has 1 saturated carbocycles. The molecule has 20 heavy (non-hydrogen) atoms. The third-order valence-electron chi connectivity index (χ3n) is 4.86. The van der Waals surface area contributed by atoms with E-state index < -0.39 is 0 Å². The summed E-state index contributed by atoms with van der Waals surface area (Å²) in [6, 6.07) is 0. The standard InChI is InChI=1S/C16H31N3O/c1-2-14(7-8-17)5-6-16(20)19-11-9-18(10-12-19)13-15-3-4-15/h14-15H,2-13,17H2,1H3. The third-order valence-corrected chi connectivity index (χ3v) is 4.86. The first kappa shape index (κ1) is 15.8. The van der Waals surface area contributed by atoms with Crippen LogP contribution in [0.4, 0.5) is 0 Å². The summed E-state index contributed by atoms with van der Waals surface area (Å²) in [5.74, 6) is 1.94. The number of hydrogen-bond acceptors (Lipinski definition) is 3. The fourth-order valence-electron chi connectivity index (χ4n) is 3.12. The molecule has 1 unspecified atom stereocenters. The predicted molar refractivity (Wildman–Crippen MR) is 82.4 cm³/mol. The van der Waals surface area contributed by atoms with Gasteiger partial charge in [-0.3, -0.25) is 9.69 Å². The molecule has 0 aromatic carbocycles. The van der Waals surface area contributed by atoms with Gasteiger partial charge in [0.2, 0.25) is 5.91 Å². The van der Waals surface area contributed by atoms with E-state index in [9.17, 15) is 4.79 Å². The second kappa shape index (κ2) is 7.99. The predicted octanol–water partition coefficient (Wildman–Crippen LogP) is 1.70. The monoisotopic (exact) mass is 281 g/mol. The van der Waals surface area contributed by atoms with Gasteiger partial charge in [0, 0.05) is 39.1 Å². The van der Waals surface area contributed by atoms with Gasteiger partial charge in [-0.05, 0) is 44.1 Å². The van der Waals surface area contributed by atoms with E-state index >= 15 is 0 Å². The van der Waals surface area contributed by atoms with Gasteiger partial charge < -0.3 is 10.6 Å². The second-order valence-corrected chi connectivity index (χ2v) is 6.52. The smallest absolute Gasteiger partial charge is 0.222 e. The molecule has 0 radical (unpaired) electrons. The van der Waals surface area contributed by atoms with Crippen LogP contribution in [0.2, 0.25) is 0 Å². The minimum Gasteiger partial charge on any atom is -0.340 e. The lowest BCUT2D eigenvalue weighted by Crippen LogP contribution is -2.49. The van der Waals surface area contributed by atoms with Crippen molar-refractivity contribution >= 4 is 5.91 Å². The van der Waals surface area contributed by atoms with Crippen LogP contribution in [0.3, 0.4) is 0 Å². The third kappa shape index (κ3) is 5.06. The second-order valence-electron chi connectivity index (χ2n) is 6.52. The molecule has 2 N–H and O–H groups in total. The first-order valence-electron chi connectivity index (χ1n) is 8.43. The Morgan fingerprint density at radius 2 is 1.90 bits per heavy atom. The number of nitrogens with zero attached hydrogens (tertiary/aromatic N) is 2. The lowest BCUT2D eigenvalue weighted by Gasteiger charge is -2.35. The SMILES string of the molecule is CCC(CCN)CCC(=O)N1CCN(CC2CC2)CC1. The van der Waals surface area contributed by atoms with Gasteiger partial charge >= 0.3 is 0 Å². The zero-order valence-corrected chi connectivity index (χ0v) is 13.0. The first-order valence-corrected chi connectivity index (χ1v) is 8.43. The summed E-state index contributed by atoms with van der Waals surface area (Å²) in [6.45, 7) is 8.20. The molecular weight excluding hydrogens is 250 g/mol. The van der Waals surface area contributed by atoms with Crippen molar-refractivity contribution in [2.45, 2.75) is 45.4 Å². The molecule has 1 heterocycles. The van der Waals surface area contributed by atoms with Crippen LogP contribution < -0.4 is 5.73 Å². The maximum absolute atomic E-state index is 12.2. The molecule has 0 aromatic heterocycles. The fourth-order valence-corrected chi connectivity index (χ4v) is 3.12. The van der Waals surface area contributed by atoms with E-state index in [4.69, 9.17) is 5.73 Å². The molecule has 1 saturated heterocycles. The van der Waals surface area contributed by atoms with E-state index in [-0.39, 0.29) is 0 Å². The summed E-state index contributed by atoms with van der Waals surface area (Å²) in [5, 5.41) is 0. The van der Waals surface area contributed by atoms with Gasteiger partial charge in [0.25, 0.3) is 0 Å². The highest BCUT2D eigenvalue weighted by Crippen LogP contribution is 2.30. The summed E-state index contributed by atoms with van der Waals surface area (Å²) in [6.07, 6.45) is 6.74. The largest absolute Gasteiger partial charge is 0.340 e. The van der Waals surface area contributed by atoms with Gasteiger partial charge in [0.1, 0.15) is 0 Å². The normalized spacial score (nSPS) is 22.0. The highest BCUT2D eigenvalue weighted by atomic mass is 16.2. The van der Waals surface area contributed by atoms with Crippen molar-refractivity contribution in [3.05, 3.63) is 0 Å². The topological polar surface area (TPSA) is 49.6 Å². The number of rotatable bonds is 8. The first-order chi connectivity index (χ1) is 9.72. The molecule has 2 aliphatic rings. The van der Waals surface area contributed by atoms with Crippen LogP contribution in [0.5, 0.6) is 0 Å². The highest BCUT2D eigenvalue weighted by molar-refractivity contribution is 5.76. The lowest BCUT2D eigenvalue weighted by molar-refractivity contribution is -0.133. The number of carbonyl (C=O) groups is 1. The molecule has 0 aromatic rings. The molecule has 116 valence electrons. The quantitative estimate of drug-likeness (QED) is 0.736. The summed E-state index contributed by atoms with van der Waals surface area (Å²) in [5.41, 5.74) is 5.61. The number of amides is 1. The Hall–Kier alpha value is -0.610. The molecule has 2 fully saturated rings. The number of hydrogen-bond donors (Lipinski definition) is 1. The van der Waals surface area contributed by atoms with Crippen LogP contribution in [-0.2, 0) is 4.79 Å². The molecule has 1 atom stereocenters. The molecule has 0 bridgehead atoms. The van der Waals surface area contributed by atoms with Gasteiger partial charge in [-0.15, -0.1) is 0 Å². The Bertz CT molecular complexity index is 296. The van der Waals surface area contributed by atoms with Gasteiger partial charge in [0.15, 0.2) is 0 Å². The molecule has 4 nitrogen and oxygen atoms in total. The lowest BCUT2D eigenvalue weighted by atomic mass is 9.96. The Morgan fingerprint density at radius 3 is 2.45 bits per heavy atom. The van der Waals surface area contributed by atoms with Crippen LogP contribution in [-0.4, -0.2) is 55.0 Å². The van der Waals surface area contributed by atoms with E-state index in [2.05, 4.69) is 16.7 Å². The number of nitrogens with two attached hydrogens (primary N) is 1. The Labute approximate surface area is 123 Å². The molecule has 1 aliphatic heterocycles. The van der Waals surface area contributed by atoms with Gasteiger partial charge in [-0.2, -0.15) is 0 Å². The van der Waals surface area contributed by atoms with Crippen molar-refractivity contribution in [3.8, 4) is 0 Å². The average Bonchev–Trinajstić information content (AvgIpc) is 3.28. The average molecular weight is 281 g/mol. The van der Waals surface area contributed by atoms with Gasteiger partial charge in [0.05, 0.1) is 0 Å². The van der Waals surface area contributed by atoms with Crippen molar-refractivity contribution < 1.29 is 4.79 Å². The van der Waals surface area contributed by atoms with Crippen molar-refractivity contribution in [2.75, 3.05) is 39.3 Å². The van der Waals surface area contributed by atoms with E-state index in [1.807, 2.05) is 0 Å². The molecule has 1 aliphatic carbocycles. The zero-order chi connectivity index (χ0) is 14.4. The van der Waals surface area contributed by atoms with Crippen LogP contribution in [0.25, 0.3) is 0 Å². The Kier molecular flexibility index (Phi) is 6.30. The van der Waals surface area contributed by atoms with E-state index in [0.717, 1.165) is 57.9 Å². The zero-order valence-electron chi connectivity index (χ0n) is 13.0. The molecular formula is C16H31N3O. The van der Waals surface area contributed by atoms with Gasteiger partial charge in [-0.1, -0.05) is 13.3 Å². The van der Waals surface area contributed by atoms with E-state index in [1.165, 1.54) is 19.4 Å². The van der Waals surface area contributed by atoms with E-state index in [1.54, 1.807) is 0 Å². The Balaban J connectivity index is 1.63. The van der Waals surface area contributed by atoms with Crippen LogP contribution in [0.15, 0.2) is 0 Å². The number of carbonyl (C=O) groups excluding carboxylic acids is 1. The van der Waals surface area contributed by atoms with Gasteiger partial charge in [-0.25, -0.2) is 0 Å². The summed E-state index contributed by atoms with van der Waals surface area (Å²) in [7, 11) is 0. The minimum absolute atomic E-state index is 0.353. The fraction of sp³-hybridized carbons (Fsp3) is 0.938. The number of piperazine rings is 1. The van der Waals surface area contributed by atoms with Crippen molar-refractivity contribution in [3.63, 3.8) is 0 Å². The molecule has 4 heteroatoms. The summed E-state index contributed by atoms with van der Waals surface area (Å²) in [4.78, 5) is 16.8. The van der Waals surface area contributed by atoms with Crippen molar-refractivity contribution in [1.29, 1.82) is 0 Å². The van der Waals surface area contributed by atoms with E-state index in [0.29, 0.717) is 18.2 Å². The Morgan fingerprint density at radius 1 is 1.20 bits per heavy atom. The maximum Gasteiger partial charge on any atom is 0.222 e. The minimum atomic E-state index is 0.353. The molecule has 0 spiro atoms. The summed E-state index contributed by atoms with van der Waals surface area (Å²) >= 11 is 0. The summed E-state index contributed by atoms with van der Waals surface area (Å²) < 4.78 is 0.